The van der Waals surface area contributed by atoms with Gasteiger partial charge in [0, 0.05) is 10.8 Å². The fraction of sp³-hybridized carbons (Fsp3) is 0. The molecule has 0 saturated carbocycles. The van der Waals surface area contributed by atoms with Crippen molar-refractivity contribution >= 4 is 65.7 Å². The summed E-state index contributed by atoms with van der Waals surface area (Å²) in [6, 6.07) is 41.6. The molecule has 0 aliphatic carbocycles. The van der Waals surface area contributed by atoms with Crippen LogP contribution in [-0.2, 0) is 0 Å². The highest BCUT2D eigenvalue weighted by molar-refractivity contribution is 6.25. The van der Waals surface area contributed by atoms with Gasteiger partial charge in [-0.3, -0.25) is 8.80 Å². The highest BCUT2D eigenvalue weighted by Crippen LogP contribution is 2.44. The molecule has 3 aromatic heterocycles. The summed E-state index contributed by atoms with van der Waals surface area (Å²) in [5.41, 5.74) is 8.34. The number of imidazole rings is 2. The van der Waals surface area contributed by atoms with Crippen LogP contribution < -0.4 is 0 Å². The van der Waals surface area contributed by atoms with Gasteiger partial charge in [0.25, 0.3) is 0 Å². The Balaban J connectivity index is 1.57. The van der Waals surface area contributed by atoms with Crippen LogP contribution in [0, 0.1) is 0 Å². The second kappa shape index (κ2) is 6.41. The zero-order valence-corrected chi connectivity index (χ0v) is 19.3. The smallest absolute Gasteiger partial charge is 0.220 e. The lowest BCUT2D eigenvalue weighted by Crippen LogP contribution is -1.88. The molecule has 9 aromatic rings. The predicted molar refractivity (Wildman–Crippen MR) is 150 cm³/mol. The van der Waals surface area contributed by atoms with E-state index in [0.717, 1.165) is 16.8 Å². The third-order valence-corrected chi connectivity index (χ3v) is 7.78. The molecule has 6 aromatic carbocycles. The maximum Gasteiger partial charge on any atom is 0.220 e. The van der Waals surface area contributed by atoms with Gasteiger partial charge in [-0.15, -0.1) is 0 Å². The molecule has 9 rings (SSSR count). The van der Waals surface area contributed by atoms with Crippen molar-refractivity contribution in [2.75, 3.05) is 0 Å². The molecule has 0 aliphatic heterocycles. The standard InChI is InChI=1S/C33H19N3/c1-2-9-20(10-3-1)30-24-14-7-6-13-23(24)19-29-31(30)25-15-8-16-27-32(25)36(29)33-34-26-17-21-11-4-5-12-22(21)18-28(26)35(27)33/h1-19H. The van der Waals surface area contributed by atoms with Crippen molar-refractivity contribution in [1.82, 2.24) is 13.8 Å². The van der Waals surface area contributed by atoms with Crippen molar-refractivity contribution in [3.8, 4) is 11.1 Å². The van der Waals surface area contributed by atoms with Crippen LogP contribution in [0.2, 0.25) is 0 Å². The molecule has 0 aliphatic rings. The highest BCUT2D eigenvalue weighted by Gasteiger charge is 2.23. The molecule has 0 spiro atoms. The lowest BCUT2D eigenvalue weighted by Gasteiger charge is -2.10. The molecule has 0 unspecified atom stereocenters. The molecule has 3 nitrogen and oxygen atoms in total. The summed E-state index contributed by atoms with van der Waals surface area (Å²) < 4.78 is 4.71. The zero-order chi connectivity index (χ0) is 23.4. The van der Waals surface area contributed by atoms with Crippen LogP contribution >= 0.6 is 0 Å². The Labute approximate surface area is 205 Å². The molecule has 0 bridgehead atoms. The maximum absolute atomic E-state index is 5.21. The van der Waals surface area contributed by atoms with E-state index in [1.165, 1.54) is 60.0 Å². The van der Waals surface area contributed by atoms with Crippen molar-refractivity contribution in [1.29, 1.82) is 0 Å². The second-order valence-corrected chi connectivity index (χ2v) is 9.68. The van der Waals surface area contributed by atoms with E-state index in [1.807, 2.05) is 0 Å². The minimum absolute atomic E-state index is 0.968. The Morgan fingerprint density at radius 3 is 2.06 bits per heavy atom. The first-order valence-electron chi connectivity index (χ1n) is 12.3. The largest absolute Gasteiger partial charge is 0.277 e. The maximum atomic E-state index is 5.21. The summed E-state index contributed by atoms with van der Waals surface area (Å²) in [6.45, 7) is 0. The molecule has 0 amide bonds. The Hall–Kier alpha value is -4.89. The van der Waals surface area contributed by atoms with Crippen LogP contribution in [0.15, 0.2) is 115 Å². The van der Waals surface area contributed by atoms with Gasteiger partial charge >= 0.3 is 0 Å². The topological polar surface area (TPSA) is 21.7 Å². The fourth-order valence-electron chi connectivity index (χ4n) is 6.30. The van der Waals surface area contributed by atoms with Gasteiger partial charge in [0.2, 0.25) is 5.78 Å². The molecule has 0 N–H and O–H groups in total. The third kappa shape index (κ3) is 2.16. The monoisotopic (exact) mass is 457 g/mol. The number of aromatic nitrogens is 3. The second-order valence-electron chi connectivity index (χ2n) is 9.68. The average molecular weight is 458 g/mol. The summed E-state index contributed by atoms with van der Waals surface area (Å²) in [5.74, 6) is 0.968. The number of fused-ring (bicyclic) bond motifs is 10. The van der Waals surface area contributed by atoms with Gasteiger partial charge in [0.15, 0.2) is 0 Å². The van der Waals surface area contributed by atoms with E-state index in [2.05, 4.69) is 124 Å². The molecule has 36 heavy (non-hydrogen) atoms. The lowest BCUT2D eigenvalue weighted by molar-refractivity contribution is 1.22. The van der Waals surface area contributed by atoms with Gasteiger partial charge in [-0.05, 0) is 56.9 Å². The molecule has 0 fully saturated rings. The first kappa shape index (κ1) is 18.4. The van der Waals surface area contributed by atoms with E-state index in [1.54, 1.807) is 0 Å². The van der Waals surface area contributed by atoms with Gasteiger partial charge < -0.3 is 0 Å². The van der Waals surface area contributed by atoms with Crippen molar-refractivity contribution in [2.45, 2.75) is 0 Å². The van der Waals surface area contributed by atoms with Crippen LogP contribution in [0.5, 0.6) is 0 Å². The average Bonchev–Trinajstić information content (AvgIpc) is 3.56. The number of hydrogen-bond acceptors (Lipinski definition) is 1. The highest BCUT2D eigenvalue weighted by atomic mass is 15.2. The van der Waals surface area contributed by atoms with E-state index < -0.39 is 0 Å². The summed E-state index contributed by atoms with van der Waals surface area (Å²) >= 11 is 0. The van der Waals surface area contributed by atoms with E-state index >= 15 is 0 Å². The van der Waals surface area contributed by atoms with Crippen molar-refractivity contribution in [3.05, 3.63) is 115 Å². The normalized spacial score (nSPS) is 12.4. The number of benzene rings is 6. The quantitative estimate of drug-likeness (QED) is 0.242. The molecule has 0 saturated heterocycles. The van der Waals surface area contributed by atoms with Crippen molar-refractivity contribution < 1.29 is 0 Å². The predicted octanol–water partition coefficient (Wildman–Crippen LogP) is 8.46. The van der Waals surface area contributed by atoms with Gasteiger partial charge in [0.1, 0.15) is 0 Å². The zero-order valence-electron chi connectivity index (χ0n) is 19.3. The molecule has 3 heteroatoms. The number of rotatable bonds is 1. The van der Waals surface area contributed by atoms with Crippen LogP contribution in [0.1, 0.15) is 0 Å². The third-order valence-electron chi connectivity index (χ3n) is 7.78. The fourth-order valence-corrected chi connectivity index (χ4v) is 6.30. The van der Waals surface area contributed by atoms with Crippen molar-refractivity contribution in [2.24, 2.45) is 0 Å². The molecule has 166 valence electrons. The van der Waals surface area contributed by atoms with Gasteiger partial charge in [0.05, 0.1) is 27.6 Å². The van der Waals surface area contributed by atoms with E-state index in [9.17, 15) is 0 Å². The van der Waals surface area contributed by atoms with Crippen molar-refractivity contribution in [3.63, 3.8) is 0 Å². The Morgan fingerprint density at radius 2 is 1.19 bits per heavy atom. The number of hydrogen-bond donors (Lipinski definition) is 0. The van der Waals surface area contributed by atoms with Gasteiger partial charge in [-0.1, -0.05) is 91.0 Å². The summed E-state index contributed by atoms with van der Waals surface area (Å²) in [4.78, 5) is 5.21. The summed E-state index contributed by atoms with van der Waals surface area (Å²) in [5, 5.41) is 7.53. The number of nitrogens with zero attached hydrogens (tertiary/aromatic N) is 3. The molecule has 0 atom stereocenters. The molecule has 0 radical (unpaired) electrons. The van der Waals surface area contributed by atoms with E-state index in [-0.39, 0.29) is 0 Å². The van der Waals surface area contributed by atoms with Gasteiger partial charge in [-0.2, -0.15) is 0 Å². The lowest BCUT2D eigenvalue weighted by atomic mass is 9.93. The minimum atomic E-state index is 0.968. The van der Waals surface area contributed by atoms with Crippen LogP contribution in [0.25, 0.3) is 76.8 Å². The SMILES string of the molecule is c1ccc(-c2c3ccccc3cc3c2c2cccc4c2n3c2nc3cc5ccccc5cc3n42)cc1. The first-order chi connectivity index (χ1) is 17.9. The van der Waals surface area contributed by atoms with Gasteiger partial charge in [-0.25, -0.2) is 4.98 Å². The summed E-state index contributed by atoms with van der Waals surface area (Å²) in [6.07, 6.45) is 0. The molecular formula is C33H19N3. The number of para-hydroxylation sites is 1. The molecule has 3 heterocycles. The van der Waals surface area contributed by atoms with Crippen LogP contribution in [-0.4, -0.2) is 13.8 Å². The Morgan fingerprint density at radius 1 is 0.500 bits per heavy atom. The molecular weight excluding hydrogens is 438 g/mol. The van der Waals surface area contributed by atoms with E-state index in [4.69, 9.17) is 4.98 Å². The van der Waals surface area contributed by atoms with E-state index in [0.29, 0.717) is 0 Å². The van der Waals surface area contributed by atoms with Crippen LogP contribution in [0.3, 0.4) is 0 Å². The van der Waals surface area contributed by atoms with Crippen LogP contribution in [0.4, 0.5) is 0 Å². The first-order valence-corrected chi connectivity index (χ1v) is 12.3. The Bertz CT molecular complexity index is 2300. The summed E-state index contributed by atoms with van der Waals surface area (Å²) in [7, 11) is 0. The Kier molecular flexibility index (Phi) is 3.28. The minimum Gasteiger partial charge on any atom is -0.277 e.